The summed E-state index contributed by atoms with van der Waals surface area (Å²) < 4.78 is 0. The Morgan fingerprint density at radius 2 is 1.82 bits per heavy atom. The van der Waals surface area contributed by atoms with Crippen molar-refractivity contribution in [3.63, 3.8) is 0 Å². The van der Waals surface area contributed by atoms with Gasteiger partial charge in [0, 0.05) is 12.5 Å². The van der Waals surface area contributed by atoms with Crippen molar-refractivity contribution < 1.29 is 5.11 Å². The average Bonchev–Trinajstić information content (AvgIpc) is 2.34. The van der Waals surface area contributed by atoms with Crippen LogP contribution in [0.5, 0.6) is 0 Å². The number of hydrogen-bond donors (Lipinski definition) is 1. The van der Waals surface area contributed by atoms with Crippen LogP contribution in [0.15, 0.2) is 18.2 Å². The topological polar surface area (TPSA) is 20.2 Å². The van der Waals surface area contributed by atoms with E-state index in [9.17, 15) is 5.11 Å². The van der Waals surface area contributed by atoms with Gasteiger partial charge in [-0.2, -0.15) is 0 Å². The van der Waals surface area contributed by atoms with E-state index in [0.29, 0.717) is 5.92 Å². The Hall–Kier alpha value is -0.820. The van der Waals surface area contributed by atoms with Crippen LogP contribution in [0.1, 0.15) is 62.1 Å². The normalized spacial score (nSPS) is 13.1. The van der Waals surface area contributed by atoms with Gasteiger partial charge < -0.3 is 5.11 Å². The van der Waals surface area contributed by atoms with Crippen LogP contribution in [0.25, 0.3) is 0 Å². The lowest BCUT2D eigenvalue weighted by Gasteiger charge is -2.15. The van der Waals surface area contributed by atoms with Crippen LogP contribution >= 0.6 is 0 Å². The van der Waals surface area contributed by atoms with Crippen molar-refractivity contribution in [1.82, 2.24) is 0 Å². The summed E-state index contributed by atoms with van der Waals surface area (Å²) in [6.45, 7) is 10.7. The highest BCUT2D eigenvalue weighted by Crippen LogP contribution is 2.24. The standard InChI is InChI=1S/C16H25O/c1-5-6-7-14-8-15(12(2)3)10-16(9-14)13(4)11-17/h8-10,12-13,17H,4-7,11H2,1-3H3. The molecule has 0 saturated carbocycles. The molecule has 1 nitrogen and oxygen atoms in total. The van der Waals surface area contributed by atoms with Crippen molar-refractivity contribution in [3.05, 3.63) is 41.8 Å². The summed E-state index contributed by atoms with van der Waals surface area (Å²) in [5.74, 6) is 0.523. The van der Waals surface area contributed by atoms with Crippen LogP contribution in [-0.2, 0) is 6.42 Å². The van der Waals surface area contributed by atoms with Crippen LogP contribution in [0.2, 0.25) is 0 Å². The number of rotatable bonds is 6. The van der Waals surface area contributed by atoms with E-state index < -0.39 is 0 Å². The first-order chi connectivity index (χ1) is 8.08. The molecule has 0 aliphatic rings. The molecule has 1 radical (unpaired) electrons. The largest absolute Gasteiger partial charge is 0.396 e. The molecule has 0 aliphatic heterocycles. The summed E-state index contributed by atoms with van der Waals surface area (Å²) in [6.07, 6.45) is 3.57. The quantitative estimate of drug-likeness (QED) is 0.785. The van der Waals surface area contributed by atoms with Crippen molar-refractivity contribution in [2.24, 2.45) is 0 Å². The maximum Gasteiger partial charge on any atom is 0.0499 e. The molecular weight excluding hydrogens is 208 g/mol. The van der Waals surface area contributed by atoms with Gasteiger partial charge >= 0.3 is 0 Å². The summed E-state index contributed by atoms with van der Waals surface area (Å²) in [7, 11) is 0. The van der Waals surface area contributed by atoms with E-state index in [-0.39, 0.29) is 12.5 Å². The molecule has 1 aromatic carbocycles. The first-order valence-corrected chi connectivity index (χ1v) is 6.66. The number of hydrogen-bond acceptors (Lipinski definition) is 1. The molecule has 0 fully saturated rings. The third kappa shape index (κ3) is 4.16. The molecule has 0 amide bonds. The molecular formula is C16H25O. The van der Waals surface area contributed by atoms with E-state index in [1.165, 1.54) is 29.5 Å². The molecule has 1 N–H and O–H groups in total. The van der Waals surface area contributed by atoms with Gasteiger partial charge in [-0.15, -0.1) is 0 Å². The van der Waals surface area contributed by atoms with Gasteiger partial charge in [-0.3, -0.25) is 0 Å². The second-order valence-corrected chi connectivity index (χ2v) is 5.15. The molecule has 0 aromatic heterocycles. The molecule has 1 rings (SSSR count). The minimum Gasteiger partial charge on any atom is -0.396 e. The molecule has 0 spiro atoms. The zero-order valence-electron chi connectivity index (χ0n) is 11.4. The van der Waals surface area contributed by atoms with E-state index >= 15 is 0 Å². The van der Waals surface area contributed by atoms with Crippen LogP contribution in [0, 0.1) is 6.92 Å². The van der Waals surface area contributed by atoms with Gasteiger partial charge in [0.1, 0.15) is 0 Å². The monoisotopic (exact) mass is 233 g/mol. The van der Waals surface area contributed by atoms with Gasteiger partial charge in [-0.25, -0.2) is 0 Å². The Labute approximate surface area is 106 Å². The van der Waals surface area contributed by atoms with Gasteiger partial charge in [-0.05, 0) is 42.4 Å². The third-order valence-electron chi connectivity index (χ3n) is 3.21. The van der Waals surface area contributed by atoms with Crippen molar-refractivity contribution >= 4 is 0 Å². The smallest absolute Gasteiger partial charge is 0.0499 e. The zero-order valence-corrected chi connectivity index (χ0v) is 11.4. The highest BCUT2D eigenvalue weighted by atomic mass is 16.3. The zero-order chi connectivity index (χ0) is 12.8. The molecule has 0 saturated heterocycles. The van der Waals surface area contributed by atoms with Gasteiger partial charge in [0.05, 0.1) is 0 Å². The molecule has 1 heteroatoms. The summed E-state index contributed by atoms with van der Waals surface area (Å²) in [4.78, 5) is 0. The highest BCUT2D eigenvalue weighted by Gasteiger charge is 2.09. The molecule has 1 unspecified atom stereocenters. The second kappa shape index (κ2) is 6.80. The second-order valence-electron chi connectivity index (χ2n) is 5.15. The summed E-state index contributed by atoms with van der Waals surface area (Å²) >= 11 is 0. The minimum atomic E-state index is -0.00548. The lowest BCUT2D eigenvalue weighted by Crippen LogP contribution is -2.02. The van der Waals surface area contributed by atoms with Gasteiger partial charge in [0.25, 0.3) is 0 Å². The molecule has 1 atom stereocenters. The fourth-order valence-electron chi connectivity index (χ4n) is 1.95. The van der Waals surface area contributed by atoms with E-state index in [1.807, 2.05) is 0 Å². The van der Waals surface area contributed by atoms with Crippen LogP contribution in [-0.4, -0.2) is 11.7 Å². The molecule has 95 valence electrons. The van der Waals surface area contributed by atoms with E-state index in [1.54, 1.807) is 0 Å². The average molecular weight is 233 g/mol. The SMILES string of the molecule is [CH2]C(CO)c1cc(CCCC)cc(C(C)C)c1. The number of aliphatic hydroxyl groups excluding tert-OH is 1. The summed E-state index contributed by atoms with van der Waals surface area (Å²) in [5.41, 5.74) is 3.91. The first kappa shape index (κ1) is 14.2. The summed E-state index contributed by atoms with van der Waals surface area (Å²) in [6, 6.07) is 6.69. The maximum absolute atomic E-state index is 9.22. The summed E-state index contributed by atoms with van der Waals surface area (Å²) in [5, 5.41) is 9.22. The van der Waals surface area contributed by atoms with Crippen LogP contribution in [0.3, 0.4) is 0 Å². The predicted molar refractivity (Wildman–Crippen MR) is 74.3 cm³/mol. The van der Waals surface area contributed by atoms with Crippen LogP contribution in [0.4, 0.5) is 0 Å². The Balaban J connectivity index is 3.00. The molecule has 1 aromatic rings. The van der Waals surface area contributed by atoms with E-state index in [0.717, 1.165) is 6.42 Å². The molecule has 0 heterocycles. The first-order valence-electron chi connectivity index (χ1n) is 6.66. The van der Waals surface area contributed by atoms with E-state index in [2.05, 4.69) is 45.9 Å². The van der Waals surface area contributed by atoms with E-state index in [4.69, 9.17) is 0 Å². The lowest BCUT2D eigenvalue weighted by atomic mass is 9.91. The molecule has 17 heavy (non-hydrogen) atoms. The third-order valence-corrected chi connectivity index (χ3v) is 3.21. The Morgan fingerprint density at radius 1 is 1.18 bits per heavy atom. The van der Waals surface area contributed by atoms with Gasteiger partial charge in [0.2, 0.25) is 0 Å². The number of benzene rings is 1. The fourth-order valence-corrected chi connectivity index (χ4v) is 1.95. The fraction of sp³-hybridized carbons (Fsp3) is 0.562. The van der Waals surface area contributed by atoms with Crippen molar-refractivity contribution in [1.29, 1.82) is 0 Å². The van der Waals surface area contributed by atoms with Crippen LogP contribution < -0.4 is 0 Å². The number of aliphatic hydroxyl groups is 1. The van der Waals surface area contributed by atoms with Crippen molar-refractivity contribution in [2.45, 2.75) is 51.9 Å². The van der Waals surface area contributed by atoms with Gasteiger partial charge in [0.15, 0.2) is 0 Å². The number of aryl methyl sites for hydroxylation is 1. The Morgan fingerprint density at radius 3 is 2.35 bits per heavy atom. The molecule has 0 bridgehead atoms. The minimum absolute atomic E-state index is 0.00548. The Bertz CT molecular complexity index is 341. The maximum atomic E-state index is 9.22. The predicted octanol–water partition coefficient (Wildman–Crippen LogP) is 4.06. The highest BCUT2D eigenvalue weighted by molar-refractivity contribution is 5.34. The lowest BCUT2D eigenvalue weighted by molar-refractivity contribution is 0.282. The van der Waals surface area contributed by atoms with Crippen molar-refractivity contribution in [3.8, 4) is 0 Å². The van der Waals surface area contributed by atoms with Crippen molar-refractivity contribution in [2.75, 3.05) is 6.61 Å². The number of unbranched alkanes of at least 4 members (excludes halogenated alkanes) is 1. The van der Waals surface area contributed by atoms with Gasteiger partial charge in [-0.1, -0.05) is 45.4 Å². The Kier molecular flexibility index (Phi) is 5.70. The molecule has 0 aliphatic carbocycles.